The first-order chi connectivity index (χ1) is 36.8. The summed E-state index contributed by atoms with van der Waals surface area (Å²) in [6, 6.07) is -0.719. The highest BCUT2D eigenvalue weighted by Crippen LogP contribution is 2.24. The van der Waals surface area contributed by atoms with Gasteiger partial charge in [0, 0.05) is 6.42 Å². The van der Waals surface area contributed by atoms with E-state index in [1.54, 1.807) is 0 Å². The molecule has 0 bridgehead atoms. The first-order valence-electron chi connectivity index (χ1n) is 33.4. The number of nitrogens with one attached hydrogen (secondary N) is 1. The quantitative estimate of drug-likeness (QED) is 0.0261. The Morgan fingerprint density at radius 2 is 0.747 bits per heavy atom. The Hall–Kier alpha value is -1.07. The van der Waals surface area contributed by atoms with Crippen LogP contribution in [0.2, 0.25) is 0 Å². The van der Waals surface area contributed by atoms with Crippen molar-refractivity contribution >= 4 is 5.91 Å². The largest absolute Gasteiger partial charge is 0.394 e. The van der Waals surface area contributed by atoms with Gasteiger partial charge in [-0.1, -0.05) is 315 Å². The van der Waals surface area contributed by atoms with E-state index in [0.717, 1.165) is 38.5 Å². The second-order valence-corrected chi connectivity index (χ2v) is 23.6. The normalized spacial score (nSPS) is 18.8. The number of hydrogen-bond acceptors (Lipinski definition) is 8. The summed E-state index contributed by atoms with van der Waals surface area (Å²) in [6.45, 7) is 3.88. The maximum Gasteiger partial charge on any atom is 0.220 e. The van der Waals surface area contributed by atoms with Crippen LogP contribution in [-0.4, -0.2) is 87.5 Å². The van der Waals surface area contributed by atoms with E-state index in [2.05, 4.69) is 31.3 Å². The van der Waals surface area contributed by atoms with E-state index in [4.69, 9.17) is 9.47 Å². The second-order valence-electron chi connectivity index (χ2n) is 23.6. The summed E-state index contributed by atoms with van der Waals surface area (Å²) in [7, 11) is 0. The molecule has 0 aromatic heterocycles. The number of aliphatic hydroxyl groups excluding tert-OH is 5. The third kappa shape index (κ3) is 45.4. The topological polar surface area (TPSA) is 149 Å². The van der Waals surface area contributed by atoms with Crippen molar-refractivity contribution in [1.82, 2.24) is 5.32 Å². The lowest BCUT2D eigenvalue weighted by Crippen LogP contribution is -2.60. The predicted molar refractivity (Wildman–Crippen MR) is 318 cm³/mol. The van der Waals surface area contributed by atoms with Crippen molar-refractivity contribution < 1.29 is 39.8 Å². The first kappa shape index (κ1) is 71.9. The Morgan fingerprint density at radius 1 is 0.440 bits per heavy atom. The van der Waals surface area contributed by atoms with E-state index < -0.39 is 49.5 Å². The first-order valence-corrected chi connectivity index (χ1v) is 33.4. The number of allylic oxidation sites excluding steroid dienone is 2. The minimum absolute atomic E-state index is 0.134. The van der Waals surface area contributed by atoms with Gasteiger partial charge in [-0.25, -0.2) is 0 Å². The number of carbonyl (C=O) groups is 1. The SMILES string of the molecule is CCCCCCCC/C=C\CCCCCCCCCCCC(=O)NC(COC1OC(CO)C(O)C(O)C1O)C(O)CCCCCCCCCCCCCCCCCCCCCCCCCCCCCCCCCCC. The van der Waals surface area contributed by atoms with Crippen molar-refractivity contribution in [2.75, 3.05) is 13.2 Å². The van der Waals surface area contributed by atoms with Crippen LogP contribution in [0, 0.1) is 0 Å². The molecule has 7 unspecified atom stereocenters. The van der Waals surface area contributed by atoms with Gasteiger partial charge in [-0.3, -0.25) is 4.79 Å². The average molecular weight is 1060 g/mol. The lowest BCUT2D eigenvalue weighted by atomic mass is 9.99. The van der Waals surface area contributed by atoms with Crippen molar-refractivity contribution in [1.29, 1.82) is 0 Å². The summed E-state index contributed by atoms with van der Waals surface area (Å²) in [5.41, 5.74) is 0. The number of hydrogen-bond donors (Lipinski definition) is 6. The van der Waals surface area contributed by atoms with Crippen LogP contribution in [-0.2, 0) is 14.3 Å². The predicted octanol–water partition coefficient (Wildman–Crippen LogP) is 17.5. The molecule has 9 nitrogen and oxygen atoms in total. The van der Waals surface area contributed by atoms with Crippen LogP contribution in [0.1, 0.15) is 348 Å². The fraction of sp³-hybridized carbons (Fsp3) is 0.955. The van der Waals surface area contributed by atoms with Crippen molar-refractivity contribution in [3.05, 3.63) is 12.2 Å². The third-order valence-corrected chi connectivity index (χ3v) is 16.4. The van der Waals surface area contributed by atoms with Crippen molar-refractivity contribution in [3.63, 3.8) is 0 Å². The van der Waals surface area contributed by atoms with Crippen molar-refractivity contribution in [2.24, 2.45) is 0 Å². The molecular weight excluding hydrogens is 935 g/mol. The Morgan fingerprint density at radius 3 is 1.08 bits per heavy atom. The molecule has 0 saturated carbocycles. The number of amides is 1. The summed E-state index contributed by atoms with van der Waals surface area (Å²) in [4.78, 5) is 13.1. The zero-order valence-electron chi connectivity index (χ0n) is 49.8. The molecule has 1 fully saturated rings. The van der Waals surface area contributed by atoms with Gasteiger partial charge in [0.05, 0.1) is 25.4 Å². The molecule has 6 N–H and O–H groups in total. The van der Waals surface area contributed by atoms with E-state index in [-0.39, 0.29) is 12.5 Å². The molecule has 1 rings (SSSR count). The van der Waals surface area contributed by atoms with Gasteiger partial charge < -0.3 is 40.3 Å². The highest BCUT2D eigenvalue weighted by molar-refractivity contribution is 5.76. The number of aliphatic hydroxyl groups is 5. The molecular formula is C66H129NO8. The number of unbranched alkanes of at least 4 members (excludes halogenated alkanes) is 47. The Bertz CT molecular complexity index is 1190. The highest BCUT2D eigenvalue weighted by atomic mass is 16.7. The van der Waals surface area contributed by atoms with Gasteiger partial charge >= 0.3 is 0 Å². The van der Waals surface area contributed by atoms with Crippen LogP contribution in [0.3, 0.4) is 0 Å². The molecule has 1 aliphatic rings. The van der Waals surface area contributed by atoms with Gasteiger partial charge in [0.15, 0.2) is 6.29 Å². The van der Waals surface area contributed by atoms with Gasteiger partial charge in [0.25, 0.3) is 0 Å². The fourth-order valence-corrected chi connectivity index (χ4v) is 11.1. The smallest absolute Gasteiger partial charge is 0.220 e. The Kier molecular flexibility index (Phi) is 53.9. The molecule has 0 radical (unpaired) electrons. The molecule has 1 aliphatic heterocycles. The number of ether oxygens (including phenoxy) is 2. The molecule has 1 amide bonds. The standard InChI is InChI=1S/C66H129NO8/c1-3-5-7-9-11-13-15-17-19-21-23-24-25-26-27-28-29-30-31-32-33-34-35-36-38-39-41-43-45-47-49-51-53-55-60(69)59(58-74-66-65(73)64(72)63(71)61(57-68)75-66)67-62(70)56-54-52-50-48-46-44-42-40-37-22-20-18-16-14-12-10-8-6-4-2/h18,20,59-61,63-66,68-69,71-73H,3-17,19,21-58H2,1-2H3,(H,67,70)/b20-18-. The lowest BCUT2D eigenvalue weighted by molar-refractivity contribution is -0.302. The number of rotatable bonds is 59. The van der Waals surface area contributed by atoms with Crippen LogP contribution in [0.15, 0.2) is 12.2 Å². The van der Waals surface area contributed by atoms with E-state index in [0.29, 0.717) is 12.8 Å². The molecule has 7 atom stereocenters. The summed E-state index contributed by atoms with van der Waals surface area (Å²) in [5.74, 6) is -0.140. The Balaban J connectivity index is 2.09. The molecule has 0 aromatic rings. The van der Waals surface area contributed by atoms with E-state index in [1.165, 1.54) is 283 Å². The molecule has 75 heavy (non-hydrogen) atoms. The molecule has 446 valence electrons. The molecule has 0 aliphatic carbocycles. The van der Waals surface area contributed by atoms with Crippen LogP contribution >= 0.6 is 0 Å². The van der Waals surface area contributed by atoms with Gasteiger partial charge in [-0.2, -0.15) is 0 Å². The summed E-state index contributed by atoms with van der Waals surface area (Å²) in [5, 5.41) is 54.8. The maximum absolute atomic E-state index is 13.1. The molecule has 0 spiro atoms. The molecule has 1 heterocycles. The van der Waals surface area contributed by atoms with E-state index in [1.807, 2.05) is 0 Å². The highest BCUT2D eigenvalue weighted by Gasteiger charge is 2.44. The van der Waals surface area contributed by atoms with Gasteiger partial charge in [0.1, 0.15) is 24.4 Å². The van der Waals surface area contributed by atoms with Crippen molar-refractivity contribution in [2.45, 2.75) is 391 Å². The maximum atomic E-state index is 13.1. The lowest BCUT2D eigenvalue weighted by Gasteiger charge is -2.40. The summed E-state index contributed by atoms with van der Waals surface area (Å²) >= 11 is 0. The second kappa shape index (κ2) is 56.2. The minimum Gasteiger partial charge on any atom is -0.394 e. The van der Waals surface area contributed by atoms with Crippen LogP contribution in [0.25, 0.3) is 0 Å². The fourth-order valence-electron chi connectivity index (χ4n) is 11.1. The van der Waals surface area contributed by atoms with Crippen LogP contribution < -0.4 is 5.32 Å². The zero-order valence-corrected chi connectivity index (χ0v) is 49.8. The average Bonchev–Trinajstić information content (AvgIpc) is 3.41. The van der Waals surface area contributed by atoms with E-state index >= 15 is 0 Å². The molecule has 1 saturated heterocycles. The van der Waals surface area contributed by atoms with Gasteiger partial charge in [-0.15, -0.1) is 0 Å². The summed E-state index contributed by atoms with van der Waals surface area (Å²) < 4.78 is 11.4. The minimum atomic E-state index is -1.55. The van der Waals surface area contributed by atoms with Gasteiger partial charge in [0.2, 0.25) is 5.91 Å². The molecule has 0 aromatic carbocycles. The van der Waals surface area contributed by atoms with E-state index in [9.17, 15) is 30.3 Å². The third-order valence-electron chi connectivity index (χ3n) is 16.4. The van der Waals surface area contributed by atoms with Crippen LogP contribution in [0.4, 0.5) is 0 Å². The van der Waals surface area contributed by atoms with Gasteiger partial charge in [-0.05, 0) is 38.5 Å². The zero-order chi connectivity index (χ0) is 54.3. The monoisotopic (exact) mass is 1060 g/mol. The molecule has 9 heteroatoms. The van der Waals surface area contributed by atoms with Crippen LogP contribution in [0.5, 0.6) is 0 Å². The Labute approximate surface area is 465 Å². The number of carbonyl (C=O) groups excluding carboxylic acids is 1. The summed E-state index contributed by atoms with van der Waals surface area (Å²) in [6.07, 6.45) is 64.2. The van der Waals surface area contributed by atoms with Crippen molar-refractivity contribution in [3.8, 4) is 0 Å².